The van der Waals surface area contributed by atoms with E-state index in [9.17, 15) is 18.4 Å². The predicted octanol–water partition coefficient (Wildman–Crippen LogP) is 4.98. The van der Waals surface area contributed by atoms with Crippen molar-refractivity contribution in [3.63, 3.8) is 0 Å². The number of aromatic nitrogens is 1. The molecule has 2 bridgehead atoms. The molecule has 1 heterocycles. The van der Waals surface area contributed by atoms with Crippen LogP contribution in [0.5, 0.6) is 0 Å². The number of hydrogen-bond donors (Lipinski definition) is 0. The molecule has 2 aliphatic rings. The smallest absolute Gasteiger partial charge is 0.306 e. The van der Waals surface area contributed by atoms with Crippen LogP contribution in [-0.4, -0.2) is 16.9 Å². The quantitative estimate of drug-likeness (QED) is 0.619. The van der Waals surface area contributed by atoms with Gasteiger partial charge in [-0.3, -0.25) is 14.5 Å². The largest absolute Gasteiger partial charge is 0.459 e. The molecular weight excluding hydrogens is 398 g/mol. The molecule has 0 radical (unpaired) electrons. The minimum Gasteiger partial charge on any atom is -0.459 e. The van der Waals surface area contributed by atoms with Gasteiger partial charge in [0.15, 0.2) is 5.13 Å². The van der Waals surface area contributed by atoms with Crippen LogP contribution >= 0.6 is 11.3 Å². The molecule has 0 saturated heterocycles. The Morgan fingerprint density at radius 2 is 2.10 bits per heavy atom. The molecule has 8 heteroatoms. The topological polar surface area (TPSA) is 59.5 Å². The molecule has 2 saturated carbocycles. The molecule has 29 heavy (non-hydrogen) atoms. The molecule has 3 atom stereocenters. The normalized spacial score (nSPS) is 22.7. The van der Waals surface area contributed by atoms with Crippen molar-refractivity contribution >= 4 is 34.0 Å². The number of benzene rings is 1. The highest BCUT2D eigenvalue weighted by Gasteiger charge is 2.40. The summed E-state index contributed by atoms with van der Waals surface area (Å²) in [7, 11) is 0. The van der Waals surface area contributed by atoms with Crippen LogP contribution in [0.4, 0.5) is 19.6 Å². The average molecular weight is 420 g/mol. The number of amides is 1. The maximum Gasteiger partial charge on any atom is 0.306 e. The van der Waals surface area contributed by atoms with Crippen LogP contribution < -0.4 is 4.90 Å². The number of esters is 1. The Labute approximate surface area is 171 Å². The van der Waals surface area contributed by atoms with E-state index in [1.54, 1.807) is 5.38 Å². The van der Waals surface area contributed by atoms with Crippen LogP contribution in [0.25, 0.3) is 0 Å². The molecule has 1 aromatic heterocycles. The minimum absolute atomic E-state index is 0.00773. The molecule has 5 nitrogen and oxygen atoms in total. The Morgan fingerprint density at radius 3 is 2.76 bits per heavy atom. The van der Waals surface area contributed by atoms with Crippen molar-refractivity contribution in [2.45, 2.75) is 45.6 Å². The van der Waals surface area contributed by atoms with E-state index in [1.807, 2.05) is 0 Å². The maximum atomic E-state index is 14.1. The van der Waals surface area contributed by atoms with Crippen LogP contribution in [-0.2, 0) is 20.9 Å². The van der Waals surface area contributed by atoms with Crippen molar-refractivity contribution in [3.05, 3.63) is 40.9 Å². The van der Waals surface area contributed by atoms with E-state index < -0.39 is 17.5 Å². The summed E-state index contributed by atoms with van der Waals surface area (Å²) in [6, 6.07) is 3.00. The number of fused-ring (bicyclic) bond motifs is 2. The number of rotatable bonds is 6. The second-order valence-electron chi connectivity index (χ2n) is 7.87. The van der Waals surface area contributed by atoms with Gasteiger partial charge >= 0.3 is 5.97 Å². The van der Waals surface area contributed by atoms with Gasteiger partial charge in [-0.05, 0) is 49.1 Å². The maximum absolute atomic E-state index is 14.1. The van der Waals surface area contributed by atoms with Crippen LogP contribution in [0, 0.1) is 29.4 Å². The van der Waals surface area contributed by atoms with Crippen molar-refractivity contribution in [1.82, 2.24) is 4.98 Å². The molecule has 2 fully saturated rings. The van der Waals surface area contributed by atoms with Crippen LogP contribution in [0.1, 0.15) is 44.7 Å². The van der Waals surface area contributed by atoms with E-state index >= 15 is 0 Å². The first-order chi connectivity index (χ1) is 13.9. The van der Waals surface area contributed by atoms with Crippen LogP contribution in [0.3, 0.4) is 0 Å². The number of anilines is 2. The third-order valence-electron chi connectivity index (χ3n) is 5.89. The predicted molar refractivity (Wildman–Crippen MR) is 105 cm³/mol. The standard InChI is InChI=1S/C21H22F2N2O3S/c1-12(26)25(19-5-4-16(22)9-18(19)23)21-24-17(11-29-21)10-28-20(27)8-15-7-13-2-3-14(15)6-13/h4-5,9,11,13-15H,2-3,6-8,10H2,1H3. The zero-order chi connectivity index (χ0) is 20.5. The highest BCUT2D eigenvalue weighted by atomic mass is 32.1. The summed E-state index contributed by atoms with van der Waals surface area (Å²) in [4.78, 5) is 29.6. The van der Waals surface area contributed by atoms with E-state index in [0.29, 0.717) is 24.0 Å². The Hall–Kier alpha value is -2.35. The summed E-state index contributed by atoms with van der Waals surface area (Å²) in [6.07, 6.45) is 5.32. The van der Waals surface area contributed by atoms with E-state index in [1.165, 1.54) is 32.3 Å². The first-order valence-electron chi connectivity index (χ1n) is 9.76. The van der Waals surface area contributed by atoms with Crippen molar-refractivity contribution in [2.75, 3.05) is 4.90 Å². The molecule has 3 unspecified atom stereocenters. The van der Waals surface area contributed by atoms with E-state index in [-0.39, 0.29) is 23.4 Å². The Bertz CT molecular complexity index is 932. The molecule has 2 aromatic rings. The summed E-state index contributed by atoms with van der Waals surface area (Å²) in [5.41, 5.74) is 0.410. The molecule has 2 aliphatic carbocycles. The third-order valence-corrected chi connectivity index (χ3v) is 6.77. The molecule has 0 aliphatic heterocycles. The van der Waals surface area contributed by atoms with E-state index in [0.717, 1.165) is 40.7 Å². The summed E-state index contributed by atoms with van der Waals surface area (Å²) >= 11 is 1.13. The van der Waals surface area contributed by atoms with Gasteiger partial charge in [-0.25, -0.2) is 13.8 Å². The Kier molecular flexibility index (Phi) is 5.63. The number of carbonyl (C=O) groups excluding carboxylic acids is 2. The van der Waals surface area contributed by atoms with Gasteiger partial charge in [-0.2, -0.15) is 0 Å². The lowest BCUT2D eigenvalue weighted by Crippen LogP contribution is -2.23. The number of halogens is 2. The van der Waals surface area contributed by atoms with Gasteiger partial charge in [0, 0.05) is 24.8 Å². The molecule has 154 valence electrons. The highest BCUT2D eigenvalue weighted by Crippen LogP contribution is 2.49. The number of thiazole rings is 1. The fourth-order valence-electron chi connectivity index (χ4n) is 4.59. The van der Waals surface area contributed by atoms with Gasteiger partial charge in [-0.15, -0.1) is 11.3 Å². The van der Waals surface area contributed by atoms with Gasteiger partial charge in [0.2, 0.25) is 5.91 Å². The van der Waals surface area contributed by atoms with Gasteiger partial charge in [0.1, 0.15) is 18.2 Å². The summed E-state index contributed by atoms with van der Waals surface area (Å²) in [5.74, 6) is -0.389. The first kappa shape index (κ1) is 19.9. The molecular formula is C21H22F2N2O3S. The Morgan fingerprint density at radius 1 is 1.28 bits per heavy atom. The van der Waals surface area contributed by atoms with E-state index in [2.05, 4.69) is 4.98 Å². The highest BCUT2D eigenvalue weighted by molar-refractivity contribution is 7.14. The fraction of sp³-hybridized carbons (Fsp3) is 0.476. The fourth-order valence-corrected chi connectivity index (χ4v) is 5.45. The number of carbonyl (C=O) groups is 2. The number of ether oxygens (including phenoxy) is 1. The summed E-state index contributed by atoms with van der Waals surface area (Å²) in [6.45, 7) is 1.28. The molecule has 0 spiro atoms. The van der Waals surface area contributed by atoms with Gasteiger partial charge in [0.05, 0.1) is 11.4 Å². The molecule has 1 amide bonds. The van der Waals surface area contributed by atoms with E-state index in [4.69, 9.17) is 4.74 Å². The zero-order valence-corrected chi connectivity index (χ0v) is 16.9. The minimum atomic E-state index is -0.853. The van der Waals surface area contributed by atoms with Crippen molar-refractivity contribution in [3.8, 4) is 0 Å². The SMILES string of the molecule is CC(=O)N(c1nc(COC(=O)CC2CC3CCC2C3)cs1)c1ccc(F)cc1F. The lowest BCUT2D eigenvalue weighted by molar-refractivity contribution is -0.146. The lowest BCUT2D eigenvalue weighted by Gasteiger charge is -2.20. The number of nitrogens with zero attached hydrogens (tertiary/aromatic N) is 2. The van der Waals surface area contributed by atoms with Crippen molar-refractivity contribution < 1.29 is 23.1 Å². The second-order valence-corrected chi connectivity index (χ2v) is 8.71. The van der Waals surface area contributed by atoms with Crippen LogP contribution in [0.2, 0.25) is 0 Å². The number of hydrogen-bond acceptors (Lipinski definition) is 5. The van der Waals surface area contributed by atoms with Gasteiger partial charge in [-0.1, -0.05) is 6.42 Å². The molecule has 1 aromatic carbocycles. The summed E-state index contributed by atoms with van der Waals surface area (Å²) in [5, 5.41) is 1.90. The average Bonchev–Trinajstić information content (AvgIpc) is 3.39. The third kappa shape index (κ3) is 4.32. The lowest BCUT2D eigenvalue weighted by atomic mass is 9.86. The first-order valence-corrected chi connectivity index (χ1v) is 10.6. The van der Waals surface area contributed by atoms with Crippen molar-refractivity contribution in [1.29, 1.82) is 0 Å². The van der Waals surface area contributed by atoms with Gasteiger partial charge in [0.25, 0.3) is 0 Å². The van der Waals surface area contributed by atoms with Crippen LogP contribution in [0.15, 0.2) is 23.6 Å². The Balaban J connectivity index is 1.39. The molecule has 4 rings (SSSR count). The second kappa shape index (κ2) is 8.18. The summed E-state index contributed by atoms with van der Waals surface area (Å²) < 4.78 is 32.7. The van der Waals surface area contributed by atoms with Crippen molar-refractivity contribution in [2.24, 2.45) is 17.8 Å². The zero-order valence-electron chi connectivity index (χ0n) is 16.1. The van der Waals surface area contributed by atoms with Gasteiger partial charge < -0.3 is 4.74 Å². The monoisotopic (exact) mass is 420 g/mol. The molecule has 0 N–H and O–H groups in total.